The molecule has 0 aliphatic heterocycles. The van der Waals surface area contributed by atoms with E-state index >= 15 is 0 Å². The number of nitrogens with one attached hydrogen (secondary N) is 1. The summed E-state index contributed by atoms with van der Waals surface area (Å²) in [6.07, 6.45) is 0. The number of benzene rings is 2. The van der Waals surface area contributed by atoms with Gasteiger partial charge in [-0.2, -0.15) is 0 Å². The van der Waals surface area contributed by atoms with Crippen molar-refractivity contribution in [3.63, 3.8) is 0 Å². The van der Waals surface area contributed by atoms with Gasteiger partial charge >= 0.3 is 0 Å². The monoisotopic (exact) mass is 256 g/mol. The molecule has 2 aromatic rings. The SMILES string of the molecule is Cc1ccccc1C(=N)c1cc([N+](=O)[O-])ccc1O. The molecule has 0 atom stereocenters. The molecule has 2 N–H and O–H groups in total. The Balaban J connectivity index is 2.53. The van der Waals surface area contributed by atoms with Crippen LogP contribution in [0.3, 0.4) is 0 Å². The smallest absolute Gasteiger partial charge is 0.270 e. The highest BCUT2D eigenvalue weighted by molar-refractivity contribution is 6.13. The highest BCUT2D eigenvalue weighted by atomic mass is 16.6. The fourth-order valence-electron chi connectivity index (χ4n) is 1.84. The van der Waals surface area contributed by atoms with E-state index in [-0.39, 0.29) is 22.7 Å². The number of hydrogen-bond acceptors (Lipinski definition) is 4. The minimum absolute atomic E-state index is 0.0688. The lowest BCUT2D eigenvalue weighted by Crippen LogP contribution is -2.04. The topological polar surface area (TPSA) is 87.2 Å². The molecule has 0 fully saturated rings. The van der Waals surface area contributed by atoms with Crippen molar-refractivity contribution in [2.45, 2.75) is 6.92 Å². The van der Waals surface area contributed by atoms with Gasteiger partial charge in [0.1, 0.15) is 5.75 Å². The zero-order valence-corrected chi connectivity index (χ0v) is 10.3. The Bertz CT molecular complexity index is 665. The van der Waals surface area contributed by atoms with Crippen molar-refractivity contribution in [2.75, 3.05) is 0 Å². The lowest BCUT2D eigenvalue weighted by molar-refractivity contribution is -0.384. The molecule has 2 rings (SSSR count). The summed E-state index contributed by atoms with van der Waals surface area (Å²) in [5.74, 6) is -0.140. The first kappa shape index (κ1) is 12.8. The first-order valence-corrected chi connectivity index (χ1v) is 5.63. The van der Waals surface area contributed by atoms with E-state index in [0.717, 1.165) is 5.56 Å². The molecule has 19 heavy (non-hydrogen) atoms. The third-order valence-corrected chi connectivity index (χ3v) is 2.87. The van der Waals surface area contributed by atoms with Crippen molar-refractivity contribution < 1.29 is 10.0 Å². The molecule has 0 unspecified atom stereocenters. The first-order valence-electron chi connectivity index (χ1n) is 5.63. The lowest BCUT2D eigenvalue weighted by Gasteiger charge is -2.09. The number of aryl methyl sites for hydroxylation is 1. The summed E-state index contributed by atoms with van der Waals surface area (Å²) in [5.41, 5.74) is 1.59. The number of rotatable bonds is 3. The number of nitrogens with zero attached hydrogens (tertiary/aromatic N) is 1. The number of phenolic OH excluding ortho intramolecular Hbond substituents is 1. The molecule has 0 bridgehead atoms. The van der Waals surface area contributed by atoms with E-state index in [0.29, 0.717) is 5.56 Å². The minimum Gasteiger partial charge on any atom is -0.507 e. The predicted molar refractivity (Wildman–Crippen MR) is 71.9 cm³/mol. The summed E-state index contributed by atoms with van der Waals surface area (Å²) in [7, 11) is 0. The first-order chi connectivity index (χ1) is 9.00. The number of nitro groups is 1. The molecule has 5 nitrogen and oxygen atoms in total. The van der Waals surface area contributed by atoms with Crippen LogP contribution in [0.5, 0.6) is 5.75 Å². The van der Waals surface area contributed by atoms with Crippen LogP contribution in [0.4, 0.5) is 5.69 Å². The van der Waals surface area contributed by atoms with E-state index in [1.54, 1.807) is 12.1 Å². The van der Waals surface area contributed by atoms with Crippen LogP contribution in [-0.4, -0.2) is 15.7 Å². The Morgan fingerprint density at radius 1 is 1.21 bits per heavy atom. The Morgan fingerprint density at radius 3 is 2.53 bits per heavy atom. The Labute approximate surface area is 109 Å². The largest absolute Gasteiger partial charge is 0.507 e. The summed E-state index contributed by atoms with van der Waals surface area (Å²) >= 11 is 0. The van der Waals surface area contributed by atoms with E-state index < -0.39 is 4.92 Å². The third kappa shape index (κ3) is 2.44. The molecule has 0 radical (unpaired) electrons. The van der Waals surface area contributed by atoms with Gasteiger partial charge in [0.05, 0.1) is 10.6 Å². The van der Waals surface area contributed by atoms with Gasteiger partial charge in [0.15, 0.2) is 0 Å². The molecule has 0 amide bonds. The van der Waals surface area contributed by atoms with E-state index in [1.165, 1.54) is 18.2 Å². The summed E-state index contributed by atoms with van der Waals surface area (Å²) in [4.78, 5) is 10.2. The standard InChI is InChI=1S/C14H12N2O3/c1-9-4-2-3-5-11(9)14(15)12-8-10(16(18)19)6-7-13(12)17/h2-8,15,17H,1H3. The van der Waals surface area contributed by atoms with E-state index in [9.17, 15) is 15.2 Å². The predicted octanol–water partition coefficient (Wildman–Crippen LogP) is 3.02. The van der Waals surface area contributed by atoms with Crippen LogP contribution in [0.15, 0.2) is 42.5 Å². The van der Waals surface area contributed by atoms with Gasteiger partial charge in [0.2, 0.25) is 0 Å². The maximum absolute atomic E-state index is 10.7. The van der Waals surface area contributed by atoms with Crippen molar-refractivity contribution in [3.8, 4) is 5.75 Å². The zero-order valence-electron chi connectivity index (χ0n) is 10.3. The number of hydrogen-bond donors (Lipinski definition) is 2. The highest BCUT2D eigenvalue weighted by Gasteiger charge is 2.16. The molecular formula is C14H12N2O3. The minimum atomic E-state index is -0.548. The molecular weight excluding hydrogens is 244 g/mol. The van der Waals surface area contributed by atoms with Crippen LogP contribution >= 0.6 is 0 Å². The quantitative estimate of drug-likeness (QED) is 0.502. The van der Waals surface area contributed by atoms with Gasteiger partial charge < -0.3 is 5.11 Å². The molecule has 0 saturated heterocycles. The van der Waals surface area contributed by atoms with Crippen LogP contribution in [0, 0.1) is 22.4 Å². The van der Waals surface area contributed by atoms with Crippen LogP contribution in [0.25, 0.3) is 0 Å². The van der Waals surface area contributed by atoms with Crippen molar-refractivity contribution >= 4 is 11.4 Å². The molecule has 5 heteroatoms. The van der Waals surface area contributed by atoms with Crippen LogP contribution in [0.2, 0.25) is 0 Å². The Hall–Kier alpha value is -2.69. The fraction of sp³-hybridized carbons (Fsp3) is 0.0714. The summed E-state index contributed by atoms with van der Waals surface area (Å²) in [5, 5.41) is 28.6. The third-order valence-electron chi connectivity index (χ3n) is 2.87. The van der Waals surface area contributed by atoms with Gasteiger partial charge in [-0.25, -0.2) is 0 Å². The van der Waals surface area contributed by atoms with Gasteiger partial charge in [-0.05, 0) is 18.6 Å². The summed E-state index contributed by atoms with van der Waals surface area (Å²) < 4.78 is 0. The van der Waals surface area contributed by atoms with Gasteiger partial charge in [0, 0.05) is 23.3 Å². The number of aromatic hydroxyl groups is 1. The number of nitro benzene ring substituents is 1. The second-order valence-electron chi connectivity index (χ2n) is 4.15. The van der Waals surface area contributed by atoms with E-state index in [2.05, 4.69) is 0 Å². The van der Waals surface area contributed by atoms with E-state index in [4.69, 9.17) is 5.41 Å². The Morgan fingerprint density at radius 2 is 1.89 bits per heavy atom. The molecule has 0 aliphatic rings. The zero-order chi connectivity index (χ0) is 14.0. The van der Waals surface area contributed by atoms with Gasteiger partial charge in [-0.1, -0.05) is 24.3 Å². The van der Waals surface area contributed by atoms with Crippen molar-refractivity contribution in [2.24, 2.45) is 0 Å². The maximum Gasteiger partial charge on any atom is 0.270 e. The normalized spacial score (nSPS) is 10.2. The molecule has 0 saturated carbocycles. The summed E-state index contributed by atoms with van der Waals surface area (Å²) in [6, 6.07) is 10.9. The fourth-order valence-corrected chi connectivity index (χ4v) is 1.84. The molecule has 0 aliphatic carbocycles. The van der Waals surface area contributed by atoms with Crippen molar-refractivity contribution in [1.82, 2.24) is 0 Å². The molecule has 0 aromatic heterocycles. The van der Waals surface area contributed by atoms with Crippen LogP contribution in [0.1, 0.15) is 16.7 Å². The van der Waals surface area contributed by atoms with Gasteiger partial charge in [0.25, 0.3) is 5.69 Å². The van der Waals surface area contributed by atoms with Gasteiger partial charge in [-0.15, -0.1) is 0 Å². The second kappa shape index (κ2) is 4.89. The van der Waals surface area contributed by atoms with Crippen LogP contribution in [-0.2, 0) is 0 Å². The lowest BCUT2D eigenvalue weighted by atomic mass is 9.97. The highest BCUT2D eigenvalue weighted by Crippen LogP contribution is 2.26. The van der Waals surface area contributed by atoms with E-state index in [1.807, 2.05) is 19.1 Å². The number of non-ortho nitro benzene ring substituents is 1. The summed E-state index contributed by atoms with van der Waals surface area (Å²) in [6.45, 7) is 1.85. The average molecular weight is 256 g/mol. The molecule has 0 heterocycles. The second-order valence-corrected chi connectivity index (χ2v) is 4.15. The van der Waals surface area contributed by atoms with Crippen LogP contribution < -0.4 is 0 Å². The number of phenols is 1. The average Bonchev–Trinajstić information content (AvgIpc) is 2.38. The van der Waals surface area contributed by atoms with Crippen molar-refractivity contribution in [3.05, 3.63) is 69.3 Å². The van der Waals surface area contributed by atoms with Crippen molar-refractivity contribution in [1.29, 1.82) is 5.41 Å². The molecule has 2 aromatic carbocycles. The van der Waals surface area contributed by atoms with Gasteiger partial charge in [-0.3, -0.25) is 15.5 Å². The maximum atomic E-state index is 10.7. The Kier molecular flexibility index (Phi) is 3.29. The molecule has 0 spiro atoms. The molecule has 96 valence electrons.